The van der Waals surface area contributed by atoms with Crippen LogP contribution in [-0.2, 0) is 11.4 Å². The van der Waals surface area contributed by atoms with Gasteiger partial charge in [0.2, 0.25) is 0 Å². The molecule has 2 aromatic rings. The highest BCUT2D eigenvalue weighted by Gasteiger charge is 2.00. The molecule has 0 heterocycles. The molecule has 2 aromatic carbocycles. The number of ether oxygens (including phenoxy) is 1. The monoisotopic (exact) mass is 266 g/mol. The Bertz CT molecular complexity index is 605. The standard InChI is InChI=1S/C17H16NO2/c1-3-14-8-4-5-10-16(14)13-20-18-12-15-9-6-7-11-17(15)19-2/h3-11H,1,13H2,2H3. The minimum Gasteiger partial charge on any atom is -0.496 e. The molecule has 0 bridgehead atoms. The summed E-state index contributed by atoms with van der Waals surface area (Å²) < 4.78 is 5.21. The van der Waals surface area contributed by atoms with Gasteiger partial charge in [-0.2, -0.15) is 0 Å². The maximum absolute atomic E-state index is 5.28. The third-order valence-corrected chi connectivity index (χ3v) is 2.83. The summed E-state index contributed by atoms with van der Waals surface area (Å²) in [5, 5.41) is 3.86. The van der Waals surface area contributed by atoms with Gasteiger partial charge in [0.1, 0.15) is 18.6 Å². The van der Waals surface area contributed by atoms with Gasteiger partial charge >= 0.3 is 0 Å². The molecule has 0 spiro atoms. The maximum Gasteiger partial charge on any atom is 0.143 e. The van der Waals surface area contributed by atoms with E-state index in [-0.39, 0.29) is 0 Å². The normalized spacial score (nSPS) is 10.4. The van der Waals surface area contributed by atoms with Gasteiger partial charge in [0.25, 0.3) is 0 Å². The predicted octanol–water partition coefficient (Wildman–Crippen LogP) is 3.77. The Hall–Kier alpha value is -2.55. The molecular formula is C17H16NO2. The second-order valence-corrected chi connectivity index (χ2v) is 4.08. The molecule has 20 heavy (non-hydrogen) atoms. The van der Waals surface area contributed by atoms with Crippen molar-refractivity contribution in [3.05, 3.63) is 71.8 Å². The second-order valence-electron chi connectivity index (χ2n) is 4.08. The molecule has 3 heteroatoms. The highest BCUT2D eigenvalue weighted by Crippen LogP contribution is 2.15. The zero-order chi connectivity index (χ0) is 14.2. The molecule has 0 saturated heterocycles. The molecule has 0 aliphatic rings. The van der Waals surface area contributed by atoms with Crippen LogP contribution in [0.15, 0.2) is 60.3 Å². The molecular weight excluding hydrogens is 250 g/mol. The van der Waals surface area contributed by atoms with Gasteiger partial charge in [-0.15, -0.1) is 0 Å². The van der Waals surface area contributed by atoms with Crippen molar-refractivity contribution in [2.45, 2.75) is 6.61 Å². The average Bonchev–Trinajstić information content (AvgIpc) is 2.52. The third-order valence-electron chi connectivity index (χ3n) is 2.83. The van der Waals surface area contributed by atoms with Gasteiger partial charge in [0, 0.05) is 5.56 Å². The first-order chi connectivity index (χ1) is 9.85. The fourth-order valence-corrected chi connectivity index (χ4v) is 1.79. The summed E-state index contributed by atoms with van der Waals surface area (Å²) in [5.41, 5.74) is 2.83. The van der Waals surface area contributed by atoms with Crippen LogP contribution in [0.2, 0.25) is 0 Å². The quantitative estimate of drug-likeness (QED) is 0.588. The molecule has 0 amide bonds. The van der Waals surface area contributed by atoms with Gasteiger partial charge < -0.3 is 9.57 Å². The topological polar surface area (TPSA) is 30.8 Å². The van der Waals surface area contributed by atoms with Crippen molar-refractivity contribution in [1.29, 1.82) is 0 Å². The summed E-state index contributed by atoms with van der Waals surface area (Å²) in [4.78, 5) is 5.28. The number of methoxy groups -OCH3 is 1. The minimum absolute atomic E-state index is 0.379. The number of rotatable bonds is 6. The van der Waals surface area contributed by atoms with Gasteiger partial charge in [0.05, 0.1) is 7.11 Å². The Morgan fingerprint density at radius 2 is 1.90 bits per heavy atom. The lowest BCUT2D eigenvalue weighted by molar-refractivity contribution is 0.132. The second kappa shape index (κ2) is 7.14. The Morgan fingerprint density at radius 1 is 1.15 bits per heavy atom. The molecule has 0 aromatic heterocycles. The number of benzene rings is 2. The highest BCUT2D eigenvalue weighted by atomic mass is 16.6. The zero-order valence-corrected chi connectivity index (χ0v) is 11.4. The largest absolute Gasteiger partial charge is 0.496 e. The van der Waals surface area contributed by atoms with Crippen molar-refractivity contribution in [2.75, 3.05) is 7.11 Å². The van der Waals surface area contributed by atoms with E-state index in [9.17, 15) is 0 Å². The Balaban J connectivity index is 1.99. The third kappa shape index (κ3) is 3.48. The molecule has 1 radical (unpaired) electrons. The van der Waals surface area contributed by atoms with E-state index in [4.69, 9.17) is 9.57 Å². The van der Waals surface area contributed by atoms with Crippen molar-refractivity contribution in [1.82, 2.24) is 0 Å². The molecule has 0 unspecified atom stereocenters. The minimum atomic E-state index is 0.379. The summed E-state index contributed by atoms with van der Waals surface area (Å²) in [6, 6.07) is 15.4. The van der Waals surface area contributed by atoms with Crippen LogP contribution in [0.5, 0.6) is 5.75 Å². The highest BCUT2D eigenvalue weighted by molar-refractivity contribution is 5.82. The predicted molar refractivity (Wildman–Crippen MR) is 80.9 cm³/mol. The summed E-state index contributed by atoms with van der Waals surface area (Å²) in [6.07, 6.45) is 4.62. The SMILES string of the molecule is C=Cc1ccccc1CO/N=[C]\c1ccccc1OC. The van der Waals surface area contributed by atoms with Crippen LogP contribution in [0.3, 0.4) is 0 Å². The molecule has 0 saturated carbocycles. The molecule has 101 valence electrons. The lowest BCUT2D eigenvalue weighted by Gasteiger charge is -2.04. The van der Waals surface area contributed by atoms with E-state index in [2.05, 4.69) is 17.9 Å². The van der Waals surface area contributed by atoms with Gasteiger partial charge in [-0.25, -0.2) is 0 Å². The van der Waals surface area contributed by atoms with Crippen LogP contribution in [0.4, 0.5) is 0 Å². The lowest BCUT2D eigenvalue weighted by Crippen LogP contribution is -1.93. The molecule has 0 atom stereocenters. The van der Waals surface area contributed by atoms with Crippen molar-refractivity contribution >= 4 is 12.3 Å². The first kappa shape index (κ1) is 13.9. The fraction of sp³-hybridized carbons (Fsp3) is 0.118. The number of nitrogens with zero attached hydrogens (tertiary/aromatic N) is 1. The number of para-hydroxylation sites is 1. The molecule has 0 aliphatic carbocycles. The Kier molecular flexibility index (Phi) is 4.95. The average molecular weight is 266 g/mol. The van der Waals surface area contributed by atoms with E-state index in [1.807, 2.05) is 48.5 Å². The maximum atomic E-state index is 5.28. The summed E-state index contributed by atoms with van der Waals surface area (Å²) >= 11 is 0. The Labute approximate surface area is 119 Å². The van der Waals surface area contributed by atoms with E-state index in [1.54, 1.807) is 13.2 Å². The smallest absolute Gasteiger partial charge is 0.143 e. The van der Waals surface area contributed by atoms with Crippen molar-refractivity contribution in [3.63, 3.8) is 0 Å². The molecule has 0 fully saturated rings. The zero-order valence-electron chi connectivity index (χ0n) is 11.4. The lowest BCUT2D eigenvalue weighted by atomic mass is 10.1. The van der Waals surface area contributed by atoms with E-state index in [0.717, 1.165) is 16.7 Å². The summed E-state index contributed by atoms with van der Waals surface area (Å²) in [6.45, 7) is 4.15. The molecule has 2 rings (SSSR count). The van der Waals surface area contributed by atoms with Crippen LogP contribution in [0.1, 0.15) is 16.7 Å². The van der Waals surface area contributed by atoms with E-state index >= 15 is 0 Å². The molecule has 3 nitrogen and oxygen atoms in total. The van der Waals surface area contributed by atoms with Crippen LogP contribution in [0, 0.1) is 0 Å². The van der Waals surface area contributed by atoms with Gasteiger partial charge in [-0.3, -0.25) is 0 Å². The van der Waals surface area contributed by atoms with Gasteiger partial charge in [-0.1, -0.05) is 54.2 Å². The van der Waals surface area contributed by atoms with Crippen molar-refractivity contribution < 1.29 is 9.57 Å². The van der Waals surface area contributed by atoms with Gasteiger partial charge in [-0.05, 0) is 23.3 Å². The Morgan fingerprint density at radius 3 is 2.70 bits per heavy atom. The van der Waals surface area contributed by atoms with Crippen LogP contribution >= 0.6 is 0 Å². The van der Waals surface area contributed by atoms with Crippen LogP contribution < -0.4 is 4.74 Å². The van der Waals surface area contributed by atoms with Crippen molar-refractivity contribution in [3.8, 4) is 5.75 Å². The van der Waals surface area contributed by atoms with Gasteiger partial charge in [0.15, 0.2) is 0 Å². The van der Waals surface area contributed by atoms with Crippen LogP contribution in [-0.4, -0.2) is 13.3 Å². The fourth-order valence-electron chi connectivity index (χ4n) is 1.79. The first-order valence-corrected chi connectivity index (χ1v) is 6.26. The molecule has 0 N–H and O–H groups in total. The number of hydrogen-bond donors (Lipinski definition) is 0. The summed E-state index contributed by atoms with van der Waals surface area (Å²) in [5.74, 6) is 0.714. The molecule has 0 aliphatic heterocycles. The summed E-state index contributed by atoms with van der Waals surface area (Å²) in [7, 11) is 1.61. The van der Waals surface area contributed by atoms with Crippen molar-refractivity contribution in [2.24, 2.45) is 5.16 Å². The van der Waals surface area contributed by atoms with E-state index < -0.39 is 0 Å². The van der Waals surface area contributed by atoms with Crippen LogP contribution in [0.25, 0.3) is 6.08 Å². The van der Waals surface area contributed by atoms with E-state index in [0.29, 0.717) is 12.4 Å². The van der Waals surface area contributed by atoms with E-state index in [1.165, 1.54) is 0 Å². The number of hydrogen-bond acceptors (Lipinski definition) is 3. The first-order valence-electron chi connectivity index (χ1n) is 6.26.